The molecule has 0 bridgehead atoms. The quantitative estimate of drug-likeness (QED) is 0.282. The summed E-state index contributed by atoms with van der Waals surface area (Å²) in [6, 6.07) is 12.8. The highest BCUT2D eigenvalue weighted by Gasteiger charge is 2.18. The van der Waals surface area contributed by atoms with E-state index in [1.165, 1.54) is 11.8 Å². The highest BCUT2D eigenvalue weighted by molar-refractivity contribution is 7.98. The van der Waals surface area contributed by atoms with Crippen molar-refractivity contribution < 1.29 is 18.8 Å². The number of anilines is 1. The molecule has 0 fully saturated rings. The minimum Gasteiger partial charge on any atom is -0.452 e. The summed E-state index contributed by atoms with van der Waals surface area (Å²) in [5, 5.41) is 11.7. The van der Waals surface area contributed by atoms with E-state index in [1.54, 1.807) is 29.1 Å². The van der Waals surface area contributed by atoms with Crippen molar-refractivity contribution in [1.29, 1.82) is 0 Å². The molecule has 0 aliphatic rings. The van der Waals surface area contributed by atoms with Gasteiger partial charge in [0.25, 0.3) is 5.91 Å². The molecule has 180 valence electrons. The average molecular weight is 492 g/mol. The van der Waals surface area contributed by atoms with Gasteiger partial charge in [-0.15, -0.1) is 11.8 Å². The third-order valence-corrected chi connectivity index (χ3v) is 6.27. The molecule has 1 aromatic carbocycles. The molecule has 0 saturated heterocycles. The van der Waals surface area contributed by atoms with Gasteiger partial charge in [-0.2, -0.15) is 5.10 Å². The minimum absolute atomic E-state index is 0.289. The van der Waals surface area contributed by atoms with Crippen LogP contribution < -0.4 is 5.32 Å². The first-order chi connectivity index (χ1) is 16.8. The third-order valence-electron chi connectivity index (χ3n) is 5.24. The molecule has 10 heteroatoms. The number of hydrogen-bond acceptors (Lipinski definition) is 8. The van der Waals surface area contributed by atoms with Gasteiger partial charge in [-0.3, -0.25) is 4.79 Å². The van der Waals surface area contributed by atoms with Gasteiger partial charge in [0.05, 0.1) is 22.6 Å². The number of ether oxygens (including phenoxy) is 1. The fourth-order valence-corrected chi connectivity index (χ4v) is 4.50. The number of rotatable bonds is 8. The molecule has 0 aliphatic carbocycles. The molecule has 3 aromatic heterocycles. The first kappa shape index (κ1) is 24.2. The van der Waals surface area contributed by atoms with Crippen LogP contribution >= 0.6 is 11.8 Å². The zero-order valence-corrected chi connectivity index (χ0v) is 20.7. The fraction of sp³-hybridized carbons (Fsp3) is 0.240. The van der Waals surface area contributed by atoms with Gasteiger partial charge >= 0.3 is 5.97 Å². The van der Waals surface area contributed by atoms with Gasteiger partial charge in [0.15, 0.2) is 6.61 Å². The number of benzene rings is 1. The lowest BCUT2D eigenvalue weighted by Gasteiger charge is -2.11. The minimum atomic E-state index is -0.627. The lowest BCUT2D eigenvalue weighted by molar-refractivity contribution is -0.119. The molecule has 3 heterocycles. The largest absolute Gasteiger partial charge is 0.452 e. The maximum Gasteiger partial charge on any atom is 0.341 e. The smallest absolute Gasteiger partial charge is 0.341 e. The van der Waals surface area contributed by atoms with Crippen molar-refractivity contribution >= 4 is 29.5 Å². The molecule has 0 radical (unpaired) electrons. The predicted octanol–water partition coefficient (Wildman–Crippen LogP) is 4.58. The Morgan fingerprint density at radius 1 is 1.11 bits per heavy atom. The number of pyridine rings is 1. The highest BCUT2D eigenvalue weighted by Crippen LogP contribution is 2.27. The Kier molecular flexibility index (Phi) is 7.31. The van der Waals surface area contributed by atoms with Gasteiger partial charge in [-0.05, 0) is 52.0 Å². The summed E-state index contributed by atoms with van der Waals surface area (Å²) >= 11 is 1.38. The normalized spacial score (nSPS) is 10.9. The van der Waals surface area contributed by atoms with Gasteiger partial charge in [0.2, 0.25) is 0 Å². The van der Waals surface area contributed by atoms with Crippen molar-refractivity contribution in [3.05, 3.63) is 82.5 Å². The second-order valence-electron chi connectivity index (χ2n) is 7.99. The number of carbonyl (C=O) groups is 2. The van der Waals surface area contributed by atoms with Crippen molar-refractivity contribution in [2.75, 3.05) is 11.9 Å². The van der Waals surface area contributed by atoms with E-state index in [0.717, 1.165) is 34.0 Å². The zero-order chi connectivity index (χ0) is 24.9. The molecule has 35 heavy (non-hydrogen) atoms. The summed E-state index contributed by atoms with van der Waals surface area (Å²) in [5.41, 5.74) is 4.72. The van der Waals surface area contributed by atoms with E-state index in [-0.39, 0.29) is 5.56 Å². The van der Waals surface area contributed by atoms with Crippen molar-refractivity contribution in [2.24, 2.45) is 0 Å². The number of thioether (sulfide) groups is 1. The number of esters is 1. The van der Waals surface area contributed by atoms with E-state index in [1.807, 2.05) is 52.0 Å². The van der Waals surface area contributed by atoms with Crippen molar-refractivity contribution in [2.45, 2.75) is 38.5 Å². The highest BCUT2D eigenvalue weighted by atomic mass is 32.2. The summed E-state index contributed by atoms with van der Waals surface area (Å²) in [5.74, 6) is 0.663. The maximum atomic E-state index is 12.7. The standard InChI is InChI=1S/C25H25N5O4S/c1-15-7-9-19(10-8-15)30-22(12-16(2)28-30)27-23(31)13-33-25(32)20-6-5-11-26-24(20)35-14-21-17(3)29-34-18(21)4/h5-12H,13-14H2,1-4H3,(H,27,31). The van der Waals surface area contributed by atoms with Crippen LogP contribution in [-0.4, -0.2) is 38.4 Å². The van der Waals surface area contributed by atoms with E-state index in [9.17, 15) is 9.59 Å². The van der Waals surface area contributed by atoms with Crippen LogP contribution in [0, 0.1) is 27.7 Å². The number of hydrogen-bond donors (Lipinski definition) is 1. The zero-order valence-electron chi connectivity index (χ0n) is 19.9. The molecule has 0 spiro atoms. The average Bonchev–Trinajstić information content (AvgIpc) is 3.37. The lowest BCUT2D eigenvalue weighted by atomic mass is 10.2. The Hall–Kier alpha value is -3.92. The Bertz CT molecular complexity index is 1340. The lowest BCUT2D eigenvalue weighted by Crippen LogP contribution is -2.22. The number of aromatic nitrogens is 4. The fourth-order valence-electron chi connectivity index (χ4n) is 3.37. The topological polar surface area (TPSA) is 112 Å². The molecule has 0 aliphatic heterocycles. The summed E-state index contributed by atoms with van der Waals surface area (Å²) < 4.78 is 12.1. The Balaban J connectivity index is 1.39. The molecule has 0 saturated carbocycles. The van der Waals surface area contributed by atoms with Gasteiger partial charge in [-0.1, -0.05) is 22.9 Å². The van der Waals surface area contributed by atoms with Gasteiger partial charge < -0.3 is 14.6 Å². The Morgan fingerprint density at radius 3 is 2.60 bits per heavy atom. The SMILES string of the molecule is Cc1ccc(-n2nc(C)cc2NC(=O)COC(=O)c2cccnc2SCc2c(C)noc2C)cc1. The molecule has 4 rings (SSSR count). The number of carbonyl (C=O) groups excluding carboxylic acids is 2. The van der Waals surface area contributed by atoms with Crippen LogP contribution in [0.5, 0.6) is 0 Å². The van der Waals surface area contributed by atoms with Gasteiger partial charge in [0.1, 0.15) is 16.6 Å². The second kappa shape index (κ2) is 10.6. The van der Waals surface area contributed by atoms with Crippen molar-refractivity contribution in [1.82, 2.24) is 19.9 Å². The molecule has 1 amide bonds. The summed E-state index contributed by atoms with van der Waals surface area (Å²) in [6.07, 6.45) is 1.60. The van der Waals surface area contributed by atoms with Crippen LogP contribution in [0.15, 0.2) is 58.2 Å². The summed E-state index contributed by atoms with van der Waals surface area (Å²) in [7, 11) is 0. The number of aryl methyl sites for hydroxylation is 4. The monoisotopic (exact) mass is 491 g/mol. The summed E-state index contributed by atoms with van der Waals surface area (Å²) in [6.45, 7) is 7.10. The van der Waals surface area contributed by atoms with Crippen LogP contribution in [-0.2, 0) is 15.3 Å². The van der Waals surface area contributed by atoms with Crippen molar-refractivity contribution in [3.63, 3.8) is 0 Å². The molecule has 4 aromatic rings. The first-order valence-corrected chi connectivity index (χ1v) is 11.9. The van der Waals surface area contributed by atoms with Crippen LogP contribution in [0.2, 0.25) is 0 Å². The number of nitrogens with zero attached hydrogens (tertiary/aromatic N) is 4. The molecule has 9 nitrogen and oxygen atoms in total. The predicted molar refractivity (Wildman–Crippen MR) is 132 cm³/mol. The molecule has 1 N–H and O–H groups in total. The van der Waals surface area contributed by atoms with E-state index in [0.29, 0.717) is 16.6 Å². The van der Waals surface area contributed by atoms with E-state index < -0.39 is 18.5 Å². The van der Waals surface area contributed by atoms with Crippen LogP contribution in [0.3, 0.4) is 0 Å². The molecular formula is C25H25N5O4S. The van der Waals surface area contributed by atoms with Gasteiger partial charge in [-0.25, -0.2) is 14.5 Å². The number of nitrogens with one attached hydrogen (secondary N) is 1. The Labute approximate surface area is 206 Å². The van der Waals surface area contributed by atoms with E-state index in [2.05, 4.69) is 20.6 Å². The molecule has 0 atom stereocenters. The maximum absolute atomic E-state index is 12.7. The van der Waals surface area contributed by atoms with Crippen LogP contribution in [0.4, 0.5) is 5.82 Å². The molecule has 0 unspecified atom stereocenters. The second-order valence-corrected chi connectivity index (χ2v) is 8.95. The Morgan fingerprint density at radius 2 is 1.89 bits per heavy atom. The first-order valence-electron chi connectivity index (χ1n) is 10.9. The van der Waals surface area contributed by atoms with E-state index in [4.69, 9.17) is 9.26 Å². The van der Waals surface area contributed by atoms with Crippen molar-refractivity contribution in [3.8, 4) is 5.69 Å². The third kappa shape index (κ3) is 5.78. The van der Waals surface area contributed by atoms with Crippen LogP contribution in [0.1, 0.15) is 38.6 Å². The van der Waals surface area contributed by atoms with Gasteiger partial charge in [0, 0.05) is 23.6 Å². The molecular weight excluding hydrogens is 466 g/mol. The van der Waals surface area contributed by atoms with Crippen LogP contribution in [0.25, 0.3) is 5.69 Å². The van der Waals surface area contributed by atoms with E-state index >= 15 is 0 Å². The number of amides is 1. The summed E-state index contributed by atoms with van der Waals surface area (Å²) in [4.78, 5) is 29.6.